The summed E-state index contributed by atoms with van der Waals surface area (Å²) >= 11 is 0. The number of nitrogens with zero attached hydrogens (tertiary/aromatic N) is 2. The first kappa shape index (κ1) is 23.0. The van der Waals surface area contributed by atoms with E-state index in [4.69, 9.17) is 9.47 Å². The Morgan fingerprint density at radius 2 is 1.56 bits per heavy atom. The summed E-state index contributed by atoms with van der Waals surface area (Å²) in [4.78, 5) is 27.5. The molecule has 0 atom stereocenters. The molecule has 7 heteroatoms. The van der Waals surface area contributed by atoms with Crippen LogP contribution in [0.25, 0.3) is 11.8 Å². The zero-order valence-corrected chi connectivity index (χ0v) is 19.7. The van der Waals surface area contributed by atoms with Crippen LogP contribution < -0.4 is 9.64 Å². The summed E-state index contributed by atoms with van der Waals surface area (Å²) in [5.74, 6) is -0.634. The fourth-order valence-corrected chi connectivity index (χ4v) is 4.30. The first-order valence-corrected chi connectivity index (χ1v) is 10.7. The Kier molecular flexibility index (Phi) is 6.11. The van der Waals surface area contributed by atoms with Crippen molar-refractivity contribution in [3.63, 3.8) is 0 Å². The van der Waals surface area contributed by atoms with Gasteiger partial charge in [0, 0.05) is 28.5 Å². The number of esters is 1. The topological polar surface area (TPSA) is 60.8 Å². The summed E-state index contributed by atoms with van der Waals surface area (Å²) in [5.41, 5.74) is 4.93. The maximum absolute atomic E-state index is 13.5. The van der Waals surface area contributed by atoms with Crippen molar-refractivity contribution in [3.8, 4) is 11.4 Å². The molecule has 0 spiro atoms. The van der Waals surface area contributed by atoms with Crippen LogP contribution in [-0.2, 0) is 14.3 Å². The minimum Gasteiger partial charge on any atom is -0.497 e. The third kappa shape index (κ3) is 3.90. The maximum atomic E-state index is 13.5. The van der Waals surface area contributed by atoms with E-state index in [0.717, 1.165) is 28.4 Å². The Morgan fingerprint density at radius 1 is 0.941 bits per heavy atom. The molecule has 1 aliphatic rings. The minimum absolute atomic E-state index is 0.186. The molecule has 2 heterocycles. The lowest BCUT2D eigenvalue weighted by Crippen LogP contribution is -2.24. The van der Waals surface area contributed by atoms with Crippen molar-refractivity contribution in [1.82, 2.24) is 4.57 Å². The third-order valence-electron chi connectivity index (χ3n) is 5.98. The van der Waals surface area contributed by atoms with Gasteiger partial charge < -0.3 is 14.0 Å². The van der Waals surface area contributed by atoms with Crippen LogP contribution >= 0.6 is 0 Å². The summed E-state index contributed by atoms with van der Waals surface area (Å²) < 4.78 is 25.7. The molecule has 1 aliphatic heterocycles. The Balaban J connectivity index is 1.82. The summed E-state index contributed by atoms with van der Waals surface area (Å²) in [5, 5.41) is 0. The van der Waals surface area contributed by atoms with Gasteiger partial charge in [-0.15, -0.1) is 0 Å². The van der Waals surface area contributed by atoms with Gasteiger partial charge in [0.25, 0.3) is 5.91 Å². The standard InChI is InChI=1S/C27H25FN2O4/c1-16-14-19(17(2)29(16)21-10-12-23(33-4)13-11-21)15-24-25(27(32)34-5)18(3)30(26(24)31)22-8-6-20(28)7-9-22/h6-15H,1-5H3/b24-15-. The van der Waals surface area contributed by atoms with Gasteiger partial charge in [-0.1, -0.05) is 0 Å². The van der Waals surface area contributed by atoms with Gasteiger partial charge in [-0.3, -0.25) is 9.69 Å². The van der Waals surface area contributed by atoms with Gasteiger partial charge in [-0.05, 0) is 87.0 Å². The van der Waals surface area contributed by atoms with Crippen molar-refractivity contribution in [2.45, 2.75) is 20.8 Å². The number of allylic oxidation sites excluding steroid dienone is 1. The Hall–Kier alpha value is -4.13. The number of ether oxygens (including phenoxy) is 2. The number of hydrogen-bond acceptors (Lipinski definition) is 4. The zero-order chi connectivity index (χ0) is 24.6. The van der Waals surface area contributed by atoms with Crippen LogP contribution in [0.4, 0.5) is 10.1 Å². The number of carbonyl (C=O) groups excluding carboxylic acids is 2. The number of rotatable bonds is 5. The van der Waals surface area contributed by atoms with Gasteiger partial charge in [-0.25, -0.2) is 9.18 Å². The van der Waals surface area contributed by atoms with E-state index >= 15 is 0 Å². The smallest absolute Gasteiger partial charge is 0.340 e. The molecule has 6 nitrogen and oxygen atoms in total. The molecule has 1 aromatic heterocycles. The fraction of sp³-hybridized carbons (Fsp3) is 0.185. The van der Waals surface area contributed by atoms with Crippen molar-refractivity contribution in [2.75, 3.05) is 19.1 Å². The zero-order valence-electron chi connectivity index (χ0n) is 19.7. The third-order valence-corrected chi connectivity index (χ3v) is 5.98. The second-order valence-electron chi connectivity index (χ2n) is 7.99. The quantitative estimate of drug-likeness (QED) is 0.392. The molecule has 0 aliphatic carbocycles. The van der Waals surface area contributed by atoms with Crippen LogP contribution in [0.5, 0.6) is 5.75 Å². The lowest BCUT2D eigenvalue weighted by atomic mass is 10.0. The van der Waals surface area contributed by atoms with Gasteiger partial charge in [0.15, 0.2) is 0 Å². The molecule has 3 aromatic rings. The van der Waals surface area contributed by atoms with Crippen molar-refractivity contribution >= 4 is 23.6 Å². The number of benzene rings is 2. The molecule has 34 heavy (non-hydrogen) atoms. The fourth-order valence-electron chi connectivity index (χ4n) is 4.30. The van der Waals surface area contributed by atoms with E-state index in [0.29, 0.717) is 11.4 Å². The highest BCUT2D eigenvalue weighted by atomic mass is 19.1. The average molecular weight is 461 g/mol. The molecular formula is C27H25FN2O4. The number of methoxy groups -OCH3 is 2. The van der Waals surface area contributed by atoms with Gasteiger partial charge in [0.05, 0.1) is 25.4 Å². The SMILES string of the molecule is COC(=O)C1=C(C)N(c2ccc(F)cc2)C(=O)/C1=C\c1cc(C)n(-c2ccc(OC)cc2)c1C. The summed E-state index contributed by atoms with van der Waals surface area (Å²) in [6.07, 6.45) is 1.71. The predicted octanol–water partition coefficient (Wildman–Crippen LogP) is 5.12. The molecular weight excluding hydrogens is 435 g/mol. The average Bonchev–Trinajstić information content (AvgIpc) is 3.25. The predicted molar refractivity (Wildman–Crippen MR) is 128 cm³/mol. The molecule has 0 unspecified atom stereocenters. The number of halogens is 1. The molecule has 0 saturated carbocycles. The van der Waals surface area contributed by atoms with Crippen LogP contribution in [0, 0.1) is 19.7 Å². The minimum atomic E-state index is -0.606. The molecule has 2 aromatic carbocycles. The van der Waals surface area contributed by atoms with Gasteiger partial charge in [-0.2, -0.15) is 0 Å². The maximum Gasteiger partial charge on any atom is 0.340 e. The Morgan fingerprint density at radius 3 is 2.15 bits per heavy atom. The summed E-state index contributed by atoms with van der Waals surface area (Å²) in [7, 11) is 2.90. The number of aromatic nitrogens is 1. The molecule has 0 bridgehead atoms. The van der Waals surface area contributed by atoms with Crippen LogP contribution in [0.1, 0.15) is 23.9 Å². The van der Waals surface area contributed by atoms with E-state index in [1.807, 2.05) is 44.2 Å². The highest BCUT2D eigenvalue weighted by molar-refractivity contribution is 6.23. The second-order valence-corrected chi connectivity index (χ2v) is 7.99. The largest absolute Gasteiger partial charge is 0.497 e. The lowest BCUT2D eigenvalue weighted by molar-refractivity contribution is -0.136. The normalized spacial score (nSPS) is 14.8. The van der Waals surface area contributed by atoms with Crippen molar-refractivity contribution in [1.29, 1.82) is 0 Å². The number of hydrogen-bond donors (Lipinski definition) is 0. The molecule has 0 fully saturated rings. The van der Waals surface area contributed by atoms with Crippen LogP contribution in [-0.4, -0.2) is 30.7 Å². The van der Waals surface area contributed by atoms with E-state index < -0.39 is 11.8 Å². The summed E-state index contributed by atoms with van der Waals surface area (Å²) in [6, 6.07) is 15.2. The lowest BCUT2D eigenvalue weighted by Gasteiger charge is -2.17. The van der Waals surface area contributed by atoms with E-state index in [1.165, 1.54) is 36.3 Å². The van der Waals surface area contributed by atoms with Gasteiger partial charge >= 0.3 is 5.97 Å². The van der Waals surface area contributed by atoms with Crippen LogP contribution in [0.2, 0.25) is 0 Å². The van der Waals surface area contributed by atoms with Crippen molar-refractivity contribution in [3.05, 3.63) is 94.2 Å². The number of carbonyl (C=O) groups is 2. The number of anilines is 1. The van der Waals surface area contributed by atoms with E-state index in [2.05, 4.69) is 4.57 Å². The number of amides is 1. The van der Waals surface area contributed by atoms with Crippen molar-refractivity contribution < 1.29 is 23.5 Å². The van der Waals surface area contributed by atoms with E-state index in [1.54, 1.807) is 20.1 Å². The molecule has 0 saturated heterocycles. The van der Waals surface area contributed by atoms with E-state index in [9.17, 15) is 14.0 Å². The molecule has 1 amide bonds. The van der Waals surface area contributed by atoms with E-state index in [-0.39, 0.29) is 17.1 Å². The molecule has 0 N–H and O–H groups in total. The monoisotopic (exact) mass is 460 g/mol. The Labute approximate surface area is 197 Å². The Bertz CT molecular complexity index is 1330. The summed E-state index contributed by atoms with van der Waals surface area (Å²) in [6.45, 7) is 5.60. The first-order chi connectivity index (χ1) is 16.3. The molecule has 174 valence electrons. The van der Waals surface area contributed by atoms with Gasteiger partial charge in [0.2, 0.25) is 0 Å². The second kappa shape index (κ2) is 9.02. The van der Waals surface area contributed by atoms with Gasteiger partial charge in [0.1, 0.15) is 11.6 Å². The van der Waals surface area contributed by atoms with Crippen LogP contribution in [0.3, 0.4) is 0 Å². The molecule has 4 rings (SSSR count). The van der Waals surface area contributed by atoms with Crippen molar-refractivity contribution in [2.24, 2.45) is 0 Å². The van der Waals surface area contributed by atoms with Crippen LogP contribution in [0.15, 0.2) is 71.4 Å². The highest BCUT2D eigenvalue weighted by Gasteiger charge is 2.38. The molecule has 0 radical (unpaired) electrons. The first-order valence-electron chi connectivity index (χ1n) is 10.7. The number of aryl methyl sites for hydroxylation is 1. The highest BCUT2D eigenvalue weighted by Crippen LogP contribution is 2.36.